The summed E-state index contributed by atoms with van der Waals surface area (Å²) < 4.78 is 49.7. The maximum Gasteiger partial charge on any atom is 0.208 e. The number of rotatable bonds is 12. The number of aryl methyl sites for hydroxylation is 2. The maximum atomic E-state index is 13.2. The van der Waals surface area contributed by atoms with Crippen LogP contribution < -0.4 is 9.44 Å². The zero-order valence-electron chi connectivity index (χ0n) is 17.2. The van der Waals surface area contributed by atoms with E-state index in [4.69, 9.17) is 0 Å². The fourth-order valence-electron chi connectivity index (χ4n) is 3.14. The van der Waals surface area contributed by atoms with Crippen LogP contribution in [0, 0.1) is 0 Å². The molecule has 0 aliphatic heterocycles. The van der Waals surface area contributed by atoms with Crippen molar-refractivity contribution in [3.63, 3.8) is 0 Å². The Labute approximate surface area is 179 Å². The number of carbonyl (C=O) groups is 1. The Kier molecular flexibility index (Phi) is 8.72. The largest absolute Gasteiger partial charge is 0.289 e. The molecule has 0 fully saturated rings. The maximum absolute atomic E-state index is 13.2. The first-order valence-electron chi connectivity index (χ1n) is 9.66. The highest BCUT2D eigenvalue weighted by Gasteiger charge is 2.16. The van der Waals surface area contributed by atoms with Crippen molar-refractivity contribution >= 4 is 25.8 Å². The van der Waals surface area contributed by atoms with Gasteiger partial charge >= 0.3 is 0 Å². The van der Waals surface area contributed by atoms with Gasteiger partial charge in [-0.05, 0) is 36.8 Å². The van der Waals surface area contributed by atoms with Gasteiger partial charge in [-0.1, -0.05) is 48.5 Å². The lowest BCUT2D eigenvalue weighted by atomic mass is 9.92. The van der Waals surface area contributed by atoms with Crippen LogP contribution in [-0.2, 0) is 32.9 Å². The first-order valence-corrected chi connectivity index (χ1v) is 13.4. The van der Waals surface area contributed by atoms with Gasteiger partial charge in [0.05, 0.1) is 12.5 Å². The molecule has 164 valence electrons. The number of sulfonamides is 2. The number of benzene rings is 2. The molecular formula is C21H28N2O5S2. The van der Waals surface area contributed by atoms with Gasteiger partial charge in [0.25, 0.3) is 0 Å². The summed E-state index contributed by atoms with van der Waals surface area (Å²) in [7, 11) is -6.47. The van der Waals surface area contributed by atoms with Crippen molar-refractivity contribution in [1.29, 1.82) is 0 Å². The SMILES string of the molecule is CS(=O)(=O)NCCCc1ccccc1C(=O)c1ccccc1CCCNS(C)(=O)=O. The molecule has 0 aromatic heterocycles. The van der Waals surface area contributed by atoms with Gasteiger partial charge in [-0.25, -0.2) is 26.3 Å². The van der Waals surface area contributed by atoms with E-state index in [9.17, 15) is 21.6 Å². The summed E-state index contributed by atoms with van der Waals surface area (Å²) in [5.74, 6) is -0.0895. The second-order valence-corrected chi connectivity index (χ2v) is 10.8. The van der Waals surface area contributed by atoms with E-state index in [0.717, 1.165) is 23.6 Å². The summed E-state index contributed by atoms with van der Waals surface area (Å²) in [5, 5.41) is 0. The molecule has 2 aromatic rings. The molecule has 0 unspecified atom stereocenters. The van der Waals surface area contributed by atoms with E-state index in [0.29, 0.717) is 49.9 Å². The lowest BCUT2D eigenvalue weighted by Crippen LogP contribution is -2.23. The van der Waals surface area contributed by atoms with Crippen LogP contribution >= 0.6 is 0 Å². The third-order valence-electron chi connectivity index (χ3n) is 4.50. The quantitative estimate of drug-likeness (QED) is 0.377. The van der Waals surface area contributed by atoms with E-state index in [1.807, 2.05) is 36.4 Å². The molecule has 0 aliphatic rings. The molecule has 0 saturated carbocycles. The van der Waals surface area contributed by atoms with Gasteiger partial charge in [-0.15, -0.1) is 0 Å². The molecule has 0 amide bonds. The Bertz CT molecular complexity index is 995. The molecule has 7 nitrogen and oxygen atoms in total. The van der Waals surface area contributed by atoms with E-state index < -0.39 is 20.0 Å². The molecule has 0 heterocycles. The van der Waals surface area contributed by atoms with Gasteiger partial charge in [-0.3, -0.25) is 4.79 Å². The van der Waals surface area contributed by atoms with Gasteiger partial charge < -0.3 is 0 Å². The van der Waals surface area contributed by atoms with Crippen LogP contribution in [0.3, 0.4) is 0 Å². The minimum absolute atomic E-state index is 0.0895. The predicted octanol–water partition coefficient (Wildman–Crippen LogP) is 1.88. The molecule has 0 aliphatic carbocycles. The molecule has 0 spiro atoms. The molecule has 2 aromatic carbocycles. The molecular weight excluding hydrogens is 424 g/mol. The van der Waals surface area contributed by atoms with Crippen molar-refractivity contribution < 1.29 is 21.6 Å². The summed E-state index contributed by atoms with van der Waals surface area (Å²) in [6, 6.07) is 14.7. The fourth-order valence-corrected chi connectivity index (χ4v) is 4.17. The zero-order chi connectivity index (χ0) is 22.2. The molecule has 2 rings (SSSR count). The number of carbonyl (C=O) groups excluding carboxylic acids is 1. The summed E-state index contributed by atoms with van der Waals surface area (Å²) in [4.78, 5) is 13.2. The topological polar surface area (TPSA) is 109 Å². The van der Waals surface area contributed by atoms with Gasteiger partial charge in [0.1, 0.15) is 0 Å². The predicted molar refractivity (Wildman–Crippen MR) is 119 cm³/mol. The lowest BCUT2D eigenvalue weighted by Gasteiger charge is -2.12. The molecule has 2 N–H and O–H groups in total. The number of nitrogens with one attached hydrogen (secondary N) is 2. The molecule has 0 radical (unpaired) electrons. The van der Waals surface area contributed by atoms with Crippen molar-refractivity contribution in [2.24, 2.45) is 0 Å². The minimum atomic E-state index is -3.23. The Morgan fingerprint density at radius 3 is 1.43 bits per heavy atom. The summed E-state index contributed by atoms with van der Waals surface area (Å²) >= 11 is 0. The minimum Gasteiger partial charge on any atom is -0.289 e. The van der Waals surface area contributed by atoms with Gasteiger partial charge in [0.15, 0.2) is 5.78 Å². The zero-order valence-corrected chi connectivity index (χ0v) is 18.9. The first-order chi connectivity index (χ1) is 14.1. The van der Waals surface area contributed by atoms with E-state index in [-0.39, 0.29) is 5.78 Å². The van der Waals surface area contributed by atoms with Gasteiger partial charge in [0, 0.05) is 24.2 Å². The summed E-state index contributed by atoms with van der Waals surface area (Å²) in [6.07, 6.45) is 4.54. The Balaban J connectivity index is 2.11. The highest BCUT2D eigenvalue weighted by Crippen LogP contribution is 2.20. The van der Waals surface area contributed by atoms with Crippen LogP contribution in [0.1, 0.15) is 39.9 Å². The lowest BCUT2D eigenvalue weighted by molar-refractivity contribution is 0.103. The molecule has 0 atom stereocenters. The van der Waals surface area contributed by atoms with E-state index in [1.165, 1.54) is 0 Å². The van der Waals surface area contributed by atoms with Crippen molar-refractivity contribution in [2.75, 3.05) is 25.6 Å². The van der Waals surface area contributed by atoms with Crippen LogP contribution in [0.2, 0.25) is 0 Å². The third-order valence-corrected chi connectivity index (χ3v) is 5.96. The second kappa shape index (κ2) is 10.8. The molecule has 0 saturated heterocycles. The fraction of sp³-hybridized carbons (Fsp3) is 0.381. The molecule has 0 bridgehead atoms. The van der Waals surface area contributed by atoms with Crippen LogP contribution in [0.25, 0.3) is 0 Å². The summed E-state index contributed by atoms with van der Waals surface area (Å²) in [6.45, 7) is 0.622. The summed E-state index contributed by atoms with van der Waals surface area (Å²) in [5.41, 5.74) is 2.93. The standard InChI is InChI=1S/C21H28N2O5S2/c1-29(25,26)22-15-7-11-17-9-3-5-13-19(17)21(24)20-14-6-4-10-18(20)12-8-16-23-30(2,27)28/h3-6,9-10,13-14,22-23H,7-8,11-12,15-16H2,1-2H3. The average Bonchev–Trinajstić information content (AvgIpc) is 2.67. The van der Waals surface area contributed by atoms with Crippen LogP contribution in [0.15, 0.2) is 48.5 Å². The monoisotopic (exact) mass is 452 g/mol. The van der Waals surface area contributed by atoms with Crippen molar-refractivity contribution in [2.45, 2.75) is 25.7 Å². The Hall–Kier alpha value is -2.07. The normalized spacial score (nSPS) is 12.1. The number of hydrogen-bond acceptors (Lipinski definition) is 5. The number of hydrogen-bond donors (Lipinski definition) is 2. The van der Waals surface area contributed by atoms with Gasteiger partial charge in [0.2, 0.25) is 20.0 Å². The van der Waals surface area contributed by atoms with Crippen LogP contribution in [-0.4, -0.2) is 48.2 Å². The van der Waals surface area contributed by atoms with Crippen molar-refractivity contribution in [1.82, 2.24) is 9.44 Å². The highest BCUT2D eigenvalue weighted by molar-refractivity contribution is 7.89. The average molecular weight is 453 g/mol. The van der Waals surface area contributed by atoms with Crippen molar-refractivity contribution in [3.05, 3.63) is 70.8 Å². The highest BCUT2D eigenvalue weighted by atomic mass is 32.2. The second-order valence-electron chi connectivity index (χ2n) is 7.18. The Morgan fingerprint density at radius 2 is 1.07 bits per heavy atom. The molecule has 9 heteroatoms. The van der Waals surface area contributed by atoms with Crippen LogP contribution in [0.5, 0.6) is 0 Å². The van der Waals surface area contributed by atoms with Crippen molar-refractivity contribution in [3.8, 4) is 0 Å². The van der Waals surface area contributed by atoms with Crippen LogP contribution in [0.4, 0.5) is 0 Å². The third kappa shape index (κ3) is 8.35. The molecule has 30 heavy (non-hydrogen) atoms. The van der Waals surface area contributed by atoms with Gasteiger partial charge in [-0.2, -0.15) is 0 Å². The Morgan fingerprint density at radius 1 is 0.700 bits per heavy atom. The van der Waals surface area contributed by atoms with E-state index in [2.05, 4.69) is 9.44 Å². The number of ketones is 1. The first kappa shape index (κ1) is 24.2. The van der Waals surface area contributed by atoms with E-state index in [1.54, 1.807) is 12.1 Å². The van der Waals surface area contributed by atoms with E-state index >= 15 is 0 Å². The smallest absolute Gasteiger partial charge is 0.208 e.